The van der Waals surface area contributed by atoms with Crippen LogP contribution in [0.2, 0.25) is 0 Å². The third kappa shape index (κ3) is 4.84. The van der Waals surface area contributed by atoms with Gasteiger partial charge in [0, 0.05) is 19.7 Å². The minimum absolute atomic E-state index is 0.0303. The summed E-state index contributed by atoms with van der Waals surface area (Å²) in [5.41, 5.74) is 0.792. The highest BCUT2D eigenvalue weighted by Gasteiger charge is 2.38. The number of anilines is 1. The maximum Gasteiger partial charge on any atom is 0.265 e. The molecule has 1 heterocycles. The fraction of sp³-hybridized carbons (Fsp3) is 0.348. The number of benzene rings is 2. The Morgan fingerprint density at radius 2 is 1.74 bits per heavy atom. The van der Waals surface area contributed by atoms with E-state index in [4.69, 9.17) is 4.74 Å². The van der Waals surface area contributed by atoms with Crippen LogP contribution in [0.15, 0.2) is 48.5 Å². The summed E-state index contributed by atoms with van der Waals surface area (Å²) >= 11 is 0. The largest absolute Gasteiger partial charge is 0.476 e. The Hall–Kier alpha value is -3.42. The van der Waals surface area contributed by atoms with Crippen LogP contribution in [0.3, 0.4) is 0 Å². The van der Waals surface area contributed by atoms with Gasteiger partial charge < -0.3 is 19.9 Å². The fourth-order valence-electron chi connectivity index (χ4n) is 3.37. The van der Waals surface area contributed by atoms with Crippen molar-refractivity contribution in [3.63, 3.8) is 0 Å². The Labute approximate surface area is 180 Å². The third-order valence-corrected chi connectivity index (χ3v) is 5.08. The predicted octanol–water partition coefficient (Wildman–Crippen LogP) is 2.46. The topological polar surface area (TPSA) is 79.0 Å². The SMILES string of the molecule is CC(C)[C@H](NC(=O)c1ccc(F)cc1)C(=O)N1C[C@@H](C(=O)N(C)C)Oc2ccccc21. The van der Waals surface area contributed by atoms with Crippen LogP contribution in [0.5, 0.6) is 5.75 Å². The van der Waals surface area contributed by atoms with E-state index in [0.717, 1.165) is 0 Å². The molecule has 7 nitrogen and oxygen atoms in total. The number of halogens is 1. The molecule has 2 atom stereocenters. The van der Waals surface area contributed by atoms with Gasteiger partial charge in [-0.1, -0.05) is 26.0 Å². The van der Waals surface area contributed by atoms with Crippen molar-refractivity contribution in [1.29, 1.82) is 0 Å². The van der Waals surface area contributed by atoms with Crippen molar-refractivity contribution in [2.45, 2.75) is 26.0 Å². The van der Waals surface area contributed by atoms with E-state index in [1.807, 2.05) is 13.8 Å². The van der Waals surface area contributed by atoms with Crippen molar-refractivity contribution in [3.05, 3.63) is 59.9 Å². The first-order chi connectivity index (χ1) is 14.7. The van der Waals surface area contributed by atoms with Gasteiger partial charge in [-0.25, -0.2) is 4.39 Å². The van der Waals surface area contributed by atoms with Crippen LogP contribution in [0, 0.1) is 11.7 Å². The molecule has 3 rings (SSSR count). The lowest BCUT2D eigenvalue weighted by Crippen LogP contribution is -2.56. The molecular weight excluding hydrogens is 401 g/mol. The van der Waals surface area contributed by atoms with E-state index in [0.29, 0.717) is 11.4 Å². The number of carbonyl (C=O) groups is 3. The number of para-hydroxylation sites is 2. The standard InChI is InChI=1S/C23H26FN3O4/c1-14(2)20(25-21(28)15-9-11-16(24)12-10-15)23(30)27-13-19(22(29)26(3)4)31-18-8-6-5-7-17(18)27/h5-12,14,19-20H,13H2,1-4H3,(H,25,28)/t19-,20-/m0/s1. The molecule has 0 bridgehead atoms. The maximum atomic E-state index is 13.5. The zero-order chi connectivity index (χ0) is 22.7. The minimum atomic E-state index is -0.852. The number of hydrogen-bond donors (Lipinski definition) is 1. The highest BCUT2D eigenvalue weighted by atomic mass is 19.1. The number of amides is 3. The quantitative estimate of drug-likeness (QED) is 0.795. The Morgan fingerprint density at radius 3 is 2.35 bits per heavy atom. The molecule has 0 saturated carbocycles. The van der Waals surface area contributed by atoms with Gasteiger partial charge in [0.1, 0.15) is 17.6 Å². The first kappa shape index (κ1) is 22.3. The first-order valence-electron chi connectivity index (χ1n) is 10.0. The van der Waals surface area contributed by atoms with Gasteiger partial charge in [-0.2, -0.15) is 0 Å². The Balaban J connectivity index is 1.88. The van der Waals surface area contributed by atoms with E-state index >= 15 is 0 Å². The summed E-state index contributed by atoms with van der Waals surface area (Å²) in [5.74, 6) is -1.34. The van der Waals surface area contributed by atoms with Crippen LogP contribution in [-0.2, 0) is 9.59 Å². The van der Waals surface area contributed by atoms with Crippen molar-refractivity contribution in [2.75, 3.05) is 25.5 Å². The fourth-order valence-corrected chi connectivity index (χ4v) is 3.37. The van der Waals surface area contributed by atoms with Gasteiger partial charge in [0.15, 0.2) is 6.10 Å². The van der Waals surface area contributed by atoms with Crippen molar-refractivity contribution in [1.82, 2.24) is 10.2 Å². The summed E-state index contributed by atoms with van der Waals surface area (Å²) in [6, 6.07) is 11.2. The van der Waals surface area contributed by atoms with Gasteiger partial charge in [0.2, 0.25) is 5.91 Å². The number of hydrogen-bond acceptors (Lipinski definition) is 4. The predicted molar refractivity (Wildman–Crippen MR) is 114 cm³/mol. The molecule has 0 unspecified atom stereocenters. The molecular formula is C23H26FN3O4. The third-order valence-electron chi connectivity index (χ3n) is 5.08. The first-order valence-corrected chi connectivity index (χ1v) is 10.0. The minimum Gasteiger partial charge on any atom is -0.476 e. The molecule has 0 aliphatic carbocycles. The van der Waals surface area contributed by atoms with Crippen LogP contribution in [-0.4, -0.2) is 55.4 Å². The van der Waals surface area contributed by atoms with Crippen LogP contribution in [0.4, 0.5) is 10.1 Å². The van der Waals surface area contributed by atoms with E-state index in [1.165, 1.54) is 34.1 Å². The Morgan fingerprint density at radius 1 is 1.10 bits per heavy atom. The van der Waals surface area contributed by atoms with Crippen LogP contribution < -0.4 is 15.0 Å². The Kier molecular flexibility index (Phi) is 6.58. The van der Waals surface area contributed by atoms with Crippen molar-refractivity contribution >= 4 is 23.4 Å². The van der Waals surface area contributed by atoms with Gasteiger partial charge in [-0.15, -0.1) is 0 Å². The second-order valence-corrected chi connectivity index (χ2v) is 7.96. The summed E-state index contributed by atoms with van der Waals surface area (Å²) in [4.78, 5) is 41.6. The summed E-state index contributed by atoms with van der Waals surface area (Å²) < 4.78 is 19.0. The molecule has 3 amide bonds. The molecule has 0 saturated heterocycles. The van der Waals surface area contributed by atoms with Crippen molar-refractivity contribution in [2.24, 2.45) is 5.92 Å². The van der Waals surface area contributed by atoms with Gasteiger partial charge in [-0.05, 0) is 42.3 Å². The lowest BCUT2D eigenvalue weighted by atomic mass is 10.0. The zero-order valence-corrected chi connectivity index (χ0v) is 18.0. The Bertz CT molecular complexity index is 975. The number of carbonyl (C=O) groups excluding carboxylic acids is 3. The molecule has 8 heteroatoms. The lowest BCUT2D eigenvalue weighted by Gasteiger charge is -2.37. The molecule has 1 N–H and O–H groups in total. The van der Waals surface area contributed by atoms with Crippen molar-refractivity contribution < 1.29 is 23.5 Å². The molecule has 2 aromatic carbocycles. The average Bonchev–Trinajstić information content (AvgIpc) is 2.75. The van der Waals surface area contributed by atoms with Gasteiger partial charge in [0.25, 0.3) is 11.8 Å². The van der Waals surface area contributed by atoms with Gasteiger partial charge in [0.05, 0.1) is 12.2 Å². The normalized spacial score (nSPS) is 16.2. The van der Waals surface area contributed by atoms with Gasteiger partial charge in [-0.3, -0.25) is 14.4 Å². The van der Waals surface area contributed by atoms with Crippen LogP contribution in [0.25, 0.3) is 0 Å². The van der Waals surface area contributed by atoms with Gasteiger partial charge >= 0.3 is 0 Å². The molecule has 1 aliphatic rings. The maximum absolute atomic E-state index is 13.5. The lowest BCUT2D eigenvalue weighted by molar-refractivity contribution is -0.136. The monoisotopic (exact) mass is 427 g/mol. The van der Waals surface area contributed by atoms with Crippen LogP contribution in [0.1, 0.15) is 24.2 Å². The summed E-state index contributed by atoms with van der Waals surface area (Å²) in [6.45, 7) is 3.67. The van der Waals surface area contributed by atoms with Crippen LogP contribution >= 0.6 is 0 Å². The highest BCUT2D eigenvalue weighted by Crippen LogP contribution is 2.34. The summed E-state index contributed by atoms with van der Waals surface area (Å²) in [6.07, 6.45) is -0.852. The van der Waals surface area contributed by atoms with E-state index in [1.54, 1.807) is 38.4 Å². The molecule has 2 aromatic rings. The molecule has 0 fully saturated rings. The molecule has 0 aromatic heterocycles. The number of nitrogens with zero attached hydrogens (tertiary/aromatic N) is 2. The number of likely N-dealkylation sites (N-methyl/N-ethyl adjacent to an activating group) is 1. The van der Waals surface area contributed by atoms with E-state index in [2.05, 4.69) is 5.32 Å². The molecule has 0 spiro atoms. The van der Waals surface area contributed by atoms with E-state index in [9.17, 15) is 18.8 Å². The summed E-state index contributed by atoms with van der Waals surface area (Å²) in [5, 5.41) is 2.76. The average molecular weight is 427 g/mol. The number of fused-ring (bicyclic) bond motifs is 1. The molecule has 31 heavy (non-hydrogen) atoms. The van der Waals surface area contributed by atoms with Crippen molar-refractivity contribution in [3.8, 4) is 5.75 Å². The highest BCUT2D eigenvalue weighted by molar-refractivity contribution is 6.04. The van der Waals surface area contributed by atoms with E-state index < -0.39 is 23.9 Å². The summed E-state index contributed by atoms with van der Waals surface area (Å²) in [7, 11) is 3.25. The second-order valence-electron chi connectivity index (χ2n) is 7.96. The molecule has 0 radical (unpaired) electrons. The molecule has 1 aliphatic heterocycles. The smallest absolute Gasteiger partial charge is 0.265 e. The molecule has 164 valence electrons. The second kappa shape index (κ2) is 9.16. The number of nitrogens with one attached hydrogen (secondary N) is 1. The zero-order valence-electron chi connectivity index (χ0n) is 18.0. The van der Waals surface area contributed by atoms with E-state index in [-0.39, 0.29) is 29.8 Å². The number of ether oxygens (including phenoxy) is 1. The number of rotatable bonds is 5.